The Morgan fingerprint density at radius 2 is 2.15 bits per heavy atom. The van der Waals surface area contributed by atoms with Gasteiger partial charge >= 0.3 is 0 Å². The summed E-state index contributed by atoms with van der Waals surface area (Å²) in [5, 5.41) is 13.7. The van der Waals surface area contributed by atoms with Crippen LogP contribution in [0.5, 0.6) is 0 Å². The third-order valence-corrected chi connectivity index (χ3v) is 3.20. The molecule has 1 aromatic carbocycles. The van der Waals surface area contributed by atoms with Crippen molar-refractivity contribution in [2.75, 3.05) is 0 Å². The van der Waals surface area contributed by atoms with Crippen molar-refractivity contribution in [1.29, 1.82) is 0 Å². The molecule has 0 unspecified atom stereocenters. The Bertz CT molecular complexity index is 737. The molecule has 0 saturated carbocycles. The average Bonchev–Trinajstić information content (AvgIpc) is 3.08. The van der Waals surface area contributed by atoms with E-state index in [0.29, 0.717) is 33.4 Å². The van der Waals surface area contributed by atoms with Crippen LogP contribution in [-0.2, 0) is 6.61 Å². The molecule has 0 atom stereocenters. The normalized spacial score (nSPS) is 10.9. The Hall–Kier alpha value is -2.11. The standard InChI is InChI=1S/C14H9ClFNO3/c15-11-4-3-8(16)6-9(11)13-10(7-18)14(20-17-13)12-2-1-5-19-12/h1-6,18H,7H2. The van der Waals surface area contributed by atoms with Gasteiger partial charge < -0.3 is 14.0 Å². The quantitative estimate of drug-likeness (QED) is 0.796. The van der Waals surface area contributed by atoms with E-state index in [2.05, 4.69) is 5.16 Å². The van der Waals surface area contributed by atoms with Crippen LogP contribution < -0.4 is 0 Å². The first-order valence-corrected chi connectivity index (χ1v) is 6.17. The fourth-order valence-corrected chi connectivity index (χ4v) is 2.15. The SMILES string of the molecule is OCc1c(-c2cc(F)ccc2Cl)noc1-c1ccco1. The molecule has 4 nitrogen and oxygen atoms in total. The average molecular weight is 294 g/mol. The van der Waals surface area contributed by atoms with E-state index >= 15 is 0 Å². The third-order valence-electron chi connectivity index (χ3n) is 2.87. The van der Waals surface area contributed by atoms with Crippen molar-refractivity contribution in [2.45, 2.75) is 6.61 Å². The lowest BCUT2D eigenvalue weighted by Gasteiger charge is -2.02. The van der Waals surface area contributed by atoms with Gasteiger partial charge in [-0.3, -0.25) is 0 Å². The first kappa shape index (κ1) is 12.9. The van der Waals surface area contributed by atoms with E-state index in [1.165, 1.54) is 24.5 Å². The Morgan fingerprint density at radius 1 is 1.30 bits per heavy atom. The molecule has 0 fully saturated rings. The molecule has 20 heavy (non-hydrogen) atoms. The molecule has 2 heterocycles. The zero-order chi connectivity index (χ0) is 14.1. The van der Waals surface area contributed by atoms with Crippen molar-refractivity contribution in [3.05, 3.63) is 53.0 Å². The zero-order valence-corrected chi connectivity index (χ0v) is 10.9. The van der Waals surface area contributed by atoms with Crippen LogP contribution in [0.2, 0.25) is 5.02 Å². The van der Waals surface area contributed by atoms with Crippen LogP contribution in [0.1, 0.15) is 5.56 Å². The highest BCUT2D eigenvalue weighted by Gasteiger charge is 2.21. The fraction of sp³-hybridized carbons (Fsp3) is 0.0714. The predicted octanol–water partition coefficient (Wildman–Crippen LogP) is 3.89. The maximum absolute atomic E-state index is 13.4. The highest BCUT2D eigenvalue weighted by molar-refractivity contribution is 6.33. The maximum Gasteiger partial charge on any atom is 0.208 e. The second-order valence-electron chi connectivity index (χ2n) is 4.10. The molecule has 0 saturated heterocycles. The van der Waals surface area contributed by atoms with Crippen molar-refractivity contribution in [2.24, 2.45) is 0 Å². The van der Waals surface area contributed by atoms with Gasteiger partial charge in [0.1, 0.15) is 11.5 Å². The first-order valence-electron chi connectivity index (χ1n) is 5.79. The number of rotatable bonds is 3. The van der Waals surface area contributed by atoms with Gasteiger partial charge in [0.05, 0.1) is 23.5 Å². The molecular weight excluding hydrogens is 285 g/mol. The number of aliphatic hydroxyl groups is 1. The van der Waals surface area contributed by atoms with Crippen molar-refractivity contribution in [1.82, 2.24) is 5.16 Å². The molecule has 102 valence electrons. The highest BCUT2D eigenvalue weighted by atomic mass is 35.5. The van der Waals surface area contributed by atoms with E-state index in [9.17, 15) is 9.50 Å². The summed E-state index contributed by atoms with van der Waals surface area (Å²) in [6.45, 7) is -0.332. The van der Waals surface area contributed by atoms with Crippen LogP contribution >= 0.6 is 11.6 Å². The van der Waals surface area contributed by atoms with E-state index in [1.54, 1.807) is 12.1 Å². The van der Waals surface area contributed by atoms with E-state index in [4.69, 9.17) is 20.5 Å². The second-order valence-corrected chi connectivity index (χ2v) is 4.51. The zero-order valence-electron chi connectivity index (χ0n) is 10.1. The molecule has 0 aliphatic rings. The minimum absolute atomic E-state index is 0.295. The summed E-state index contributed by atoms with van der Waals surface area (Å²) < 4.78 is 23.8. The van der Waals surface area contributed by atoms with Gasteiger partial charge in [-0.25, -0.2) is 4.39 Å². The molecule has 0 amide bonds. The number of furan rings is 1. The van der Waals surface area contributed by atoms with Gasteiger partial charge in [0.2, 0.25) is 5.76 Å². The molecule has 6 heteroatoms. The number of aliphatic hydroxyl groups excluding tert-OH is 1. The van der Waals surface area contributed by atoms with E-state index in [1.807, 2.05) is 0 Å². The third kappa shape index (κ3) is 2.11. The van der Waals surface area contributed by atoms with Crippen molar-refractivity contribution in [3.8, 4) is 22.8 Å². The van der Waals surface area contributed by atoms with Crippen LogP contribution in [-0.4, -0.2) is 10.3 Å². The number of benzene rings is 1. The molecule has 0 radical (unpaired) electrons. The number of hydrogen-bond donors (Lipinski definition) is 1. The molecule has 0 bridgehead atoms. The lowest BCUT2D eigenvalue weighted by atomic mass is 10.1. The van der Waals surface area contributed by atoms with E-state index in [0.717, 1.165) is 0 Å². The smallest absolute Gasteiger partial charge is 0.208 e. The molecule has 1 N–H and O–H groups in total. The molecule has 3 rings (SSSR count). The maximum atomic E-state index is 13.4. The van der Waals surface area contributed by atoms with Gasteiger partial charge in [-0.2, -0.15) is 0 Å². The lowest BCUT2D eigenvalue weighted by Crippen LogP contribution is -1.90. The van der Waals surface area contributed by atoms with Gasteiger partial charge in [-0.05, 0) is 30.3 Å². The number of halogens is 2. The van der Waals surface area contributed by atoms with Crippen LogP contribution in [0, 0.1) is 5.82 Å². The van der Waals surface area contributed by atoms with Crippen molar-refractivity contribution in [3.63, 3.8) is 0 Å². The number of aromatic nitrogens is 1. The Balaban J connectivity index is 2.18. The fourth-order valence-electron chi connectivity index (χ4n) is 1.95. The molecule has 0 aliphatic carbocycles. The molecule has 2 aromatic heterocycles. The Labute approximate surface area is 118 Å². The minimum Gasteiger partial charge on any atom is -0.461 e. The number of nitrogens with zero attached hydrogens (tertiary/aromatic N) is 1. The molecule has 3 aromatic rings. The summed E-state index contributed by atoms with van der Waals surface area (Å²) in [6, 6.07) is 7.28. The highest BCUT2D eigenvalue weighted by Crippen LogP contribution is 2.35. The Morgan fingerprint density at radius 3 is 2.85 bits per heavy atom. The molecule has 0 aliphatic heterocycles. The van der Waals surface area contributed by atoms with Crippen LogP contribution in [0.4, 0.5) is 4.39 Å². The first-order chi connectivity index (χ1) is 9.70. The summed E-state index contributed by atoms with van der Waals surface area (Å²) in [4.78, 5) is 0. The lowest BCUT2D eigenvalue weighted by molar-refractivity contribution is 0.281. The summed E-state index contributed by atoms with van der Waals surface area (Å²) in [6.07, 6.45) is 1.48. The predicted molar refractivity (Wildman–Crippen MR) is 70.5 cm³/mol. The van der Waals surface area contributed by atoms with Crippen molar-refractivity contribution >= 4 is 11.6 Å². The van der Waals surface area contributed by atoms with Crippen molar-refractivity contribution < 1.29 is 18.4 Å². The van der Waals surface area contributed by atoms with Crippen LogP contribution in [0.3, 0.4) is 0 Å². The van der Waals surface area contributed by atoms with Gasteiger partial charge in [0.15, 0.2) is 5.76 Å². The van der Waals surface area contributed by atoms with Gasteiger partial charge in [0.25, 0.3) is 0 Å². The van der Waals surface area contributed by atoms with Crippen LogP contribution in [0.25, 0.3) is 22.8 Å². The van der Waals surface area contributed by atoms with Crippen LogP contribution in [0.15, 0.2) is 45.5 Å². The van der Waals surface area contributed by atoms with E-state index in [-0.39, 0.29) is 6.61 Å². The van der Waals surface area contributed by atoms with Gasteiger partial charge in [-0.15, -0.1) is 0 Å². The largest absolute Gasteiger partial charge is 0.461 e. The Kier molecular flexibility index (Phi) is 3.30. The van der Waals surface area contributed by atoms with Gasteiger partial charge in [-0.1, -0.05) is 16.8 Å². The summed E-state index contributed by atoms with van der Waals surface area (Å²) in [5.41, 5.74) is 1.05. The summed E-state index contributed by atoms with van der Waals surface area (Å²) in [5.74, 6) is 0.281. The summed E-state index contributed by atoms with van der Waals surface area (Å²) in [7, 11) is 0. The molecule has 0 spiro atoms. The monoisotopic (exact) mass is 293 g/mol. The number of hydrogen-bond acceptors (Lipinski definition) is 4. The molecular formula is C14H9ClFNO3. The topological polar surface area (TPSA) is 59.4 Å². The van der Waals surface area contributed by atoms with E-state index < -0.39 is 5.82 Å². The second kappa shape index (κ2) is 5.11. The summed E-state index contributed by atoms with van der Waals surface area (Å²) >= 11 is 6.04. The van der Waals surface area contributed by atoms with Gasteiger partial charge in [0, 0.05) is 5.56 Å². The minimum atomic E-state index is -0.448.